The zero-order valence-corrected chi connectivity index (χ0v) is 15.6. The molecule has 0 aromatic rings. The number of fused-ring (bicyclic) bond motifs is 1. The molecular weight excluding hydrogens is 268 g/mol. The molecule has 2 aliphatic rings. The van der Waals surface area contributed by atoms with Crippen molar-refractivity contribution < 1.29 is 5.11 Å². The summed E-state index contributed by atoms with van der Waals surface area (Å²) in [6.07, 6.45) is 13.9. The topological polar surface area (TPSA) is 20.2 Å². The van der Waals surface area contributed by atoms with Crippen LogP contribution >= 0.6 is 0 Å². The summed E-state index contributed by atoms with van der Waals surface area (Å²) in [4.78, 5) is 0. The molecule has 2 saturated carbocycles. The second-order valence-corrected chi connectivity index (χ2v) is 8.99. The highest BCUT2D eigenvalue weighted by Gasteiger charge is 2.57. The summed E-state index contributed by atoms with van der Waals surface area (Å²) in [6, 6.07) is 0. The van der Waals surface area contributed by atoms with Crippen molar-refractivity contribution in [3.63, 3.8) is 0 Å². The smallest absolute Gasteiger partial charge is 0.0687 e. The first-order chi connectivity index (χ1) is 10.1. The van der Waals surface area contributed by atoms with Crippen molar-refractivity contribution in [2.45, 2.75) is 85.7 Å². The van der Waals surface area contributed by atoms with Crippen LogP contribution in [0.1, 0.15) is 80.1 Å². The van der Waals surface area contributed by atoms with Crippen LogP contribution in [0.25, 0.3) is 0 Å². The lowest BCUT2D eigenvalue weighted by atomic mass is 9.45. The molecule has 2 aliphatic carbocycles. The van der Waals surface area contributed by atoms with E-state index in [9.17, 15) is 5.11 Å². The molecule has 0 bridgehead atoms. The molecule has 126 valence electrons. The average Bonchev–Trinajstić information content (AvgIpc) is 2.36. The molecule has 0 aromatic carbocycles. The standard InChI is InChI=1S/C21H36O/c1-7-9-16(2)10-11-18-20(5)14-8-13-19(3,4)17(20)12-15-21(18,6)22/h9-11,17-18,22H,7-8,12-15H2,1-6H3/b11-10+,16-9+/t17-,18+,20-,21-/m0/s1. The predicted octanol–water partition coefficient (Wildman–Crippen LogP) is 5.89. The van der Waals surface area contributed by atoms with Gasteiger partial charge in [0.15, 0.2) is 0 Å². The first-order valence-corrected chi connectivity index (χ1v) is 9.21. The minimum Gasteiger partial charge on any atom is -0.390 e. The lowest BCUT2D eigenvalue weighted by Gasteiger charge is -2.60. The Bertz CT molecular complexity index is 455. The third kappa shape index (κ3) is 3.20. The summed E-state index contributed by atoms with van der Waals surface area (Å²) in [5.74, 6) is 0.984. The highest BCUT2D eigenvalue weighted by molar-refractivity contribution is 5.21. The van der Waals surface area contributed by atoms with E-state index in [2.05, 4.69) is 59.8 Å². The Morgan fingerprint density at radius 1 is 1.14 bits per heavy atom. The average molecular weight is 305 g/mol. The maximum Gasteiger partial charge on any atom is 0.0687 e. The van der Waals surface area contributed by atoms with Gasteiger partial charge in [0.2, 0.25) is 0 Å². The van der Waals surface area contributed by atoms with E-state index in [0.717, 1.165) is 18.8 Å². The van der Waals surface area contributed by atoms with E-state index < -0.39 is 5.60 Å². The third-order valence-electron chi connectivity index (χ3n) is 6.67. The molecule has 1 nitrogen and oxygen atoms in total. The van der Waals surface area contributed by atoms with E-state index in [0.29, 0.717) is 5.41 Å². The highest BCUT2D eigenvalue weighted by Crippen LogP contribution is 2.62. The molecule has 0 heterocycles. The Morgan fingerprint density at radius 3 is 2.45 bits per heavy atom. The van der Waals surface area contributed by atoms with Crippen LogP contribution in [0.2, 0.25) is 0 Å². The molecule has 4 atom stereocenters. The Kier molecular flexibility index (Phi) is 4.97. The summed E-state index contributed by atoms with van der Waals surface area (Å²) >= 11 is 0. The molecule has 1 N–H and O–H groups in total. The lowest BCUT2D eigenvalue weighted by molar-refractivity contribution is -0.149. The first-order valence-electron chi connectivity index (χ1n) is 9.21. The van der Waals surface area contributed by atoms with E-state index in [1.54, 1.807) is 0 Å². The number of hydrogen-bond acceptors (Lipinski definition) is 1. The van der Waals surface area contributed by atoms with Crippen molar-refractivity contribution in [3.05, 3.63) is 23.8 Å². The molecule has 0 aliphatic heterocycles. The first kappa shape index (κ1) is 17.8. The van der Waals surface area contributed by atoms with Crippen LogP contribution in [-0.2, 0) is 0 Å². The Balaban J connectivity index is 2.36. The fourth-order valence-corrected chi connectivity index (χ4v) is 5.63. The fourth-order valence-electron chi connectivity index (χ4n) is 5.63. The third-order valence-corrected chi connectivity index (χ3v) is 6.67. The van der Waals surface area contributed by atoms with E-state index in [-0.39, 0.29) is 11.3 Å². The molecule has 1 heteroatoms. The minimum atomic E-state index is -0.568. The van der Waals surface area contributed by atoms with E-state index in [4.69, 9.17) is 0 Å². The van der Waals surface area contributed by atoms with E-state index >= 15 is 0 Å². The van der Waals surface area contributed by atoms with Crippen LogP contribution in [-0.4, -0.2) is 10.7 Å². The van der Waals surface area contributed by atoms with Crippen LogP contribution < -0.4 is 0 Å². The molecular formula is C21H36O. The molecule has 22 heavy (non-hydrogen) atoms. The Morgan fingerprint density at radius 2 is 1.82 bits per heavy atom. The van der Waals surface area contributed by atoms with Gasteiger partial charge in [0.1, 0.15) is 0 Å². The maximum absolute atomic E-state index is 11.1. The van der Waals surface area contributed by atoms with Gasteiger partial charge in [-0.3, -0.25) is 0 Å². The number of allylic oxidation sites excluding steroid dienone is 3. The second kappa shape index (κ2) is 6.15. The molecule has 2 fully saturated rings. The highest BCUT2D eigenvalue weighted by atomic mass is 16.3. The van der Waals surface area contributed by atoms with Crippen molar-refractivity contribution in [1.29, 1.82) is 0 Å². The lowest BCUT2D eigenvalue weighted by Crippen LogP contribution is -2.56. The van der Waals surface area contributed by atoms with Gasteiger partial charge in [0.05, 0.1) is 5.60 Å². The summed E-state index contributed by atoms with van der Waals surface area (Å²) in [6.45, 7) is 13.7. The van der Waals surface area contributed by atoms with Gasteiger partial charge in [-0.2, -0.15) is 0 Å². The zero-order chi connectivity index (χ0) is 16.6. The number of hydrogen-bond donors (Lipinski definition) is 1. The second-order valence-electron chi connectivity index (χ2n) is 8.99. The SMILES string of the molecule is CC/C=C(C)/C=C/[C@@H]1[C@@]2(C)CCCC(C)(C)[C@@H]2CC[C@]1(C)O. The van der Waals surface area contributed by atoms with Gasteiger partial charge in [0, 0.05) is 5.92 Å². The van der Waals surface area contributed by atoms with Gasteiger partial charge in [-0.1, -0.05) is 57.9 Å². The maximum atomic E-state index is 11.1. The summed E-state index contributed by atoms with van der Waals surface area (Å²) in [7, 11) is 0. The van der Waals surface area contributed by atoms with Gasteiger partial charge >= 0.3 is 0 Å². The number of rotatable bonds is 3. The van der Waals surface area contributed by atoms with E-state index in [1.165, 1.54) is 31.3 Å². The molecule has 0 saturated heterocycles. The van der Waals surface area contributed by atoms with Gasteiger partial charge in [-0.25, -0.2) is 0 Å². The van der Waals surface area contributed by atoms with Crippen molar-refractivity contribution in [1.82, 2.24) is 0 Å². The molecule has 0 unspecified atom stereocenters. The zero-order valence-electron chi connectivity index (χ0n) is 15.6. The molecule has 0 radical (unpaired) electrons. The normalized spacial score (nSPS) is 42.4. The van der Waals surface area contributed by atoms with Gasteiger partial charge in [-0.05, 0) is 62.7 Å². The van der Waals surface area contributed by atoms with Crippen LogP contribution in [0.15, 0.2) is 23.8 Å². The van der Waals surface area contributed by atoms with Crippen molar-refractivity contribution in [2.75, 3.05) is 0 Å². The van der Waals surface area contributed by atoms with Crippen LogP contribution in [0, 0.1) is 22.7 Å². The molecule has 2 rings (SSSR count). The van der Waals surface area contributed by atoms with Crippen molar-refractivity contribution >= 4 is 0 Å². The van der Waals surface area contributed by atoms with Crippen molar-refractivity contribution in [2.24, 2.45) is 22.7 Å². The minimum absolute atomic E-state index is 0.229. The summed E-state index contributed by atoms with van der Waals surface area (Å²) in [5.41, 5.74) is 1.39. The summed E-state index contributed by atoms with van der Waals surface area (Å²) < 4.78 is 0. The number of aliphatic hydroxyl groups is 1. The monoisotopic (exact) mass is 304 g/mol. The van der Waals surface area contributed by atoms with Gasteiger partial charge in [0.25, 0.3) is 0 Å². The fraction of sp³-hybridized carbons (Fsp3) is 0.810. The van der Waals surface area contributed by atoms with Crippen LogP contribution in [0.3, 0.4) is 0 Å². The van der Waals surface area contributed by atoms with Crippen LogP contribution in [0.5, 0.6) is 0 Å². The molecule has 0 spiro atoms. The summed E-state index contributed by atoms with van der Waals surface area (Å²) in [5, 5.41) is 11.1. The molecule has 0 aromatic heterocycles. The van der Waals surface area contributed by atoms with Gasteiger partial charge < -0.3 is 5.11 Å². The van der Waals surface area contributed by atoms with Crippen molar-refractivity contribution in [3.8, 4) is 0 Å². The van der Waals surface area contributed by atoms with Gasteiger partial charge in [-0.15, -0.1) is 0 Å². The Hall–Kier alpha value is -0.560. The molecule has 0 amide bonds. The Labute approximate surface area is 137 Å². The quantitative estimate of drug-likeness (QED) is 0.644. The largest absolute Gasteiger partial charge is 0.390 e. The predicted molar refractivity (Wildman–Crippen MR) is 95.8 cm³/mol. The van der Waals surface area contributed by atoms with Crippen LogP contribution in [0.4, 0.5) is 0 Å². The van der Waals surface area contributed by atoms with E-state index in [1.807, 2.05) is 0 Å².